The van der Waals surface area contributed by atoms with Gasteiger partial charge in [0.2, 0.25) is 0 Å². The van der Waals surface area contributed by atoms with Crippen LogP contribution in [0.2, 0.25) is 0 Å². The number of carboxylic acid groups (broad SMARTS) is 1. The summed E-state index contributed by atoms with van der Waals surface area (Å²) in [5, 5.41) is 17.4. The van der Waals surface area contributed by atoms with Crippen LogP contribution in [0, 0.1) is 6.92 Å². The monoisotopic (exact) mass is 398 g/mol. The maximum absolute atomic E-state index is 13.0. The summed E-state index contributed by atoms with van der Waals surface area (Å²) >= 11 is 1.74. The number of carbonyl (C=O) groups excluding carboxylic acids is 1. The molecule has 1 amide bonds. The number of nitrogens with one attached hydrogen (secondary N) is 1. The van der Waals surface area contributed by atoms with Crippen LogP contribution in [0.4, 0.5) is 0 Å². The van der Waals surface area contributed by atoms with Crippen LogP contribution in [0.3, 0.4) is 0 Å². The van der Waals surface area contributed by atoms with Crippen molar-refractivity contribution in [3.63, 3.8) is 0 Å². The number of thiophene rings is 1. The van der Waals surface area contributed by atoms with Crippen molar-refractivity contribution in [3.05, 3.63) is 40.9 Å². The van der Waals surface area contributed by atoms with Gasteiger partial charge in [-0.3, -0.25) is 19.6 Å². The molecule has 28 heavy (non-hydrogen) atoms. The van der Waals surface area contributed by atoms with Crippen molar-refractivity contribution in [3.8, 4) is 10.4 Å². The van der Waals surface area contributed by atoms with Gasteiger partial charge in [-0.25, -0.2) is 0 Å². The second-order valence-corrected chi connectivity index (χ2v) is 8.28. The summed E-state index contributed by atoms with van der Waals surface area (Å²) in [7, 11) is 2.14. The summed E-state index contributed by atoms with van der Waals surface area (Å²) in [5.74, 6) is 0.0616. The summed E-state index contributed by atoms with van der Waals surface area (Å²) in [6.45, 7) is 3.65. The van der Waals surface area contributed by atoms with Gasteiger partial charge in [0.05, 0.1) is 5.52 Å². The zero-order valence-electron chi connectivity index (χ0n) is 15.8. The highest BCUT2D eigenvalue weighted by atomic mass is 32.1. The number of likely N-dealkylation sites (tertiary alicyclic amines) is 2. The Bertz CT molecular complexity index is 1030. The molecule has 2 aliphatic rings. The number of hydrogen-bond donors (Lipinski definition) is 2. The smallest absolute Gasteiger partial charge is 0.290 e. The molecule has 7 nitrogen and oxygen atoms in total. The van der Waals surface area contributed by atoms with E-state index in [1.807, 2.05) is 11.0 Å². The van der Waals surface area contributed by atoms with Crippen LogP contribution in [0.5, 0.6) is 0 Å². The Kier molecular flexibility index (Phi) is 4.91. The average Bonchev–Trinajstić information content (AvgIpc) is 3.44. The van der Waals surface area contributed by atoms with Crippen LogP contribution in [0.25, 0.3) is 21.3 Å². The lowest BCUT2D eigenvalue weighted by Crippen LogP contribution is -2.47. The maximum atomic E-state index is 13.0. The van der Waals surface area contributed by atoms with Crippen molar-refractivity contribution in [1.29, 1.82) is 0 Å². The van der Waals surface area contributed by atoms with Gasteiger partial charge in [0.25, 0.3) is 12.4 Å². The van der Waals surface area contributed by atoms with Gasteiger partial charge >= 0.3 is 0 Å². The predicted octanol–water partition coefficient (Wildman–Crippen LogP) is 2.83. The van der Waals surface area contributed by atoms with Gasteiger partial charge in [0.15, 0.2) is 5.69 Å². The van der Waals surface area contributed by atoms with Gasteiger partial charge in [-0.05, 0) is 55.1 Å². The quantitative estimate of drug-likeness (QED) is 0.648. The van der Waals surface area contributed by atoms with Gasteiger partial charge < -0.3 is 10.0 Å². The SMILES string of the molecule is Cc1csc(-c2ccc3c(C(=O)N4C[C@@H]5C[C@H]4CN5C)n[nH]c3c2)c1.O=CO. The topological polar surface area (TPSA) is 89.5 Å². The number of aromatic amines is 1. The van der Waals surface area contributed by atoms with Crippen molar-refractivity contribution in [2.45, 2.75) is 25.4 Å². The first-order chi connectivity index (χ1) is 13.5. The molecule has 0 spiro atoms. The van der Waals surface area contributed by atoms with Crippen LogP contribution >= 0.6 is 11.3 Å². The van der Waals surface area contributed by atoms with Crippen molar-refractivity contribution in [2.75, 3.05) is 20.1 Å². The highest BCUT2D eigenvalue weighted by Crippen LogP contribution is 2.33. The minimum Gasteiger partial charge on any atom is -0.483 e. The third-order valence-electron chi connectivity index (χ3n) is 5.56. The predicted molar refractivity (Wildman–Crippen MR) is 109 cm³/mol. The van der Waals surface area contributed by atoms with E-state index in [1.54, 1.807) is 11.3 Å². The minimum atomic E-state index is -0.250. The Morgan fingerprint density at radius 1 is 1.32 bits per heavy atom. The molecule has 2 atom stereocenters. The van der Waals surface area contributed by atoms with E-state index in [0.29, 0.717) is 17.8 Å². The van der Waals surface area contributed by atoms with E-state index in [-0.39, 0.29) is 12.4 Å². The standard InChI is InChI=1S/C19H20N4OS.CH2O2/c1-11-5-17(25-10-11)12-3-4-15-16(6-12)20-21-18(15)19(24)23-9-13-7-14(23)8-22(13)2;2-1-3/h3-6,10,13-14H,7-9H2,1-2H3,(H,20,21);1H,(H,2,3)/t13-,14-;/m0./s1. The number of likely N-dealkylation sites (N-methyl/N-ethyl adjacent to an activating group) is 1. The second-order valence-electron chi connectivity index (χ2n) is 7.37. The number of fused-ring (bicyclic) bond motifs is 3. The zero-order chi connectivity index (χ0) is 19.8. The summed E-state index contributed by atoms with van der Waals surface area (Å²) in [4.78, 5) is 27.0. The summed E-state index contributed by atoms with van der Waals surface area (Å²) < 4.78 is 0. The fraction of sp³-hybridized carbons (Fsp3) is 0.350. The molecule has 0 saturated carbocycles. The lowest BCUT2D eigenvalue weighted by atomic mass is 10.1. The molecule has 2 N–H and O–H groups in total. The number of nitrogens with zero attached hydrogens (tertiary/aromatic N) is 3. The van der Waals surface area contributed by atoms with E-state index < -0.39 is 0 Å². The highest BCUT2D eigenvalue weighted by molar-refractivity contribution is 7.13. The number of carbonyl (C=O) groups is 2. The largest absolute Gasteiger partial charge is 0.483 e. The third kappa shape index (κ3) is 3.18. The number of rotatable bonds is 2. The van der Waals surface area contributed by atoms with Crippen LogP contribution in [0.1, 0.15) is 22.5 Å². The average molecular weight is 398 g/mol. The molecule has 4 heterocycles. The Hall–Kier alpha value is -2.71. The second kappa shape index (κ2) is 7.37. The molecule has 5 rings (SSSR count). The van der Waals surface area contributed by atoms with Gasteiger partial charge in [-0.1, -0.05) is 6.07 Å². The van der Waals surface area contributed by atoms with E-state index in [2.05, 4.69) is 52.6 Å². The molecule has 0 radical (unpaired) electrons. The van der Waals surface area contributed by atoms with Crippen molar-refractivity contribution in [1.82, 2.24) is 20.0 Å². The molecule has 2 saturated heterocycles. The lowest BCUT2D eigenvalue weighted by Gasteiger charge is -2.31. The number of aromatic nitrogens is 2. The fourth-order valence-electron chi connectivity index (χ4n) is 4.17. The van der Waals surface area contributed by atoms with Crippen LogP contribution in [-0.4, -0.2) is 69.7 Å². The molecule has 2 fully saturated rings. The minimum absolute atomic E-state index is 0.0616. The van der Waals surface area contributed by atoms with E-state index in [4.69, 9.17) is 9.90 Å². The number of aryl methyl sites for hydroxylation is 1. The van der Waals surface area contributed by atoms with Gasteiger partial charge in [-0.2, -0.15) is 5.10 Å². The molecular weight excluding hydrogens is 376 g/mol. The first-order valence-electron chi connectivity index (χ1n) is 9.14. The summed E-state index contributed by atoms with van der Waals surface area (Å²) in [5.41, 5.74) is 3.91. The Morgan fingerprint density at radius 2 is 2.11 bits per heavy atom. The first-order valence-corrected chi connectivity index (χ1v) is 10.0. The molecular formula is C20H22N4O3S. The number of benzene rings is 1. The number of hydrogen-bond acceptors (Lipinski definition) is 5. The van der Waals surface area contributed by atoms with Crippen molar-refractivity contribution < 1.29 is 14.7 Å². The maximum Gasteiger partial charge on any atom is 0.290 e. The molecule has 1 aromatic carbocycles. The zero-order valence-corrected chi connectivity index (χ0v) is 16.6. The summed E-state index contributed by atoms with van der Waals surface area (Å²) in [6.07, 6.45) is 1.09. The Labute approximate surface area is 166 Å². The molecule has 0 aliphatic carbocycles. The van der Waals surface area contributed by atoms with Gasteiger partial charge in [-0.15, -0.1) is 11.3 Å². The molecule has 3 aromatic rings. The van der Waals surface area contributed by atoms with E-state index in [1.165, 1.54) is 10.4 Å². The molecule has 2 bridgehead atoms. The molecule has 0 unspecified atom stereocenters. The van der Waals surface area contributed by atoms with Crippen LogP contribution < -0.4 is 0 Å². The van der Waals surface area contributed by atoms with Crippen LogP contribution in [-0.2, 0) is 4.79 Å². The Morgan fingerprint density at radius 3 is 2.71 bits per heavy atom. The molecule has 2 aromatic heterocycles. The summed E-state index contributed by atoms with van der Waals surface area (Å²) in [6, 6.07) is 9.23. The number of amides is 1. The first kappa shape index (κ1) is 18.6. The van der Waals surface area contributed by atoms with Crippen molar-refractivity contribution >= 4 is 34.6 Å². The molecule has 146 valence electrons. The highest BCUT2D eigenvalue weighted by Gasteiger charge is 2.44. The van der Waals surface area contributed by atoms with Crippen LogP contribution in [0.15, 0.2) is 29.6 Å². The number of piperazine rings is 1. The third-order valence-corrected chi connectivity index (χ3v) is 6.65. The fourth-order valence-corrected chi connectivity index (χ4v) is 5.07. The van der Waals surface area contributed by atoms with Gasteiger partial charge in [0.1, 0.15) is 0 Å². The molecule has 2 aliphatic heterocycles. The Balaban J connectivity index is 0.000000604. The van der Waals surface area contributed by atoms with E-state index in [0.717, 1.165) is 36.0 Å². The number of H-pyrrole nitrogens is 1. The lowest BCUT2D eigenvalue weighted by molar-refractivity contribution is -0.122. The van der Waals surface area contributed by atoms with Gasteiger partial charge in [0, 0.05) is 35.4 Å². The van der Waals surface area contributed by atoms with Crippen molar-refractivity contribution in [2.24, 2.45) is 0 Å². The van der Waals surface area contributed by atoms with E-state index in [9.17, 15) is 4.79 Å². The van der Waals surface area contributed by atoms with E-state index >= 15 is 0 Å². The normalized spacial score (nSPS) is 21.0. The molecule has 8 heteroatoms.